The number of hydrogen-bond acceptors (Lipinski definition) is 4. The minimum atomic E-state index is -3.58. The van der Waals surface area contributed by atoms with Gasteiger partial charge in [-0.25, -0.2) is 12.7 Å². The number of methoxy groups -OCH3 is 1. The molecule has 2 aromatic carbocycles. The number of anilines is 1. The average Bonchev–Trinajstić information content (AvgIpc) is 2.71. The van der Waals surface area contributed by atoms with E-state index in [1.807, 2.05) is 0 Å². The molecule has 6 nitrogen and oxygen atoms in total. The van der Waals surface area contributed by atoms with Crippen molar-refractivity contribution in [3.8, 4) is 5.75 Å². The summed E-state index contributed by atoms with van der Waals surface area (Å²) in [5, 5.41) is 3.53. The second-order valence-corrected chi connectivity index (χ2v) is 9.63. The first kappa shape index (κ1) is 21.9. The highest BCUT2D eigenvalue weighted by molar-refractivity contribution is 7.88. The summed E-state index contributed by atoms with van der Waals surface area (Å²) in [6, 6.07) is 12.0. The van der Waals surface area contributed by atoms with Crippen molar-refractivity contribution in [1.29, 1.82) is 0 Å². The van der Waals surface area contributed by atoms with E-state index in [1.165, 1.54) is 4.31 Å². The molecule has 1 aliphatic heterocycles. The van der Waals surface area contributed by atoms with Gasteiger partial charge < -0.3 is 10.1 Å². The number of hydrogen-bond donors (Lipinski definition) is 1. The van der Waals surface area contributed by atoms with Crippen LogP contribution >= 0.6 is 23.2 Å². The smallest absolute Gasteiger partial charge is 0.227 e. The summed E-state index contributed by atoms with van der Waals surface area (Å²) in [5.41, 5.74) is 1.08. The Balaban J connectivity index is 1.58. The molecule has 156 valence electrons. The van der Waals surface area contributed by atoms with Gasteiger partial charge in [-0.05, 0) is 49.2 Å². The van der Waals surface area contributed by atoms with Crippen LogP contribution in [-0.2, 0) is 20.6 Å². The third kappa shape index (κ3) is 5.42. The van der Waals surface area contributed by atoms with Gasteiger partial charge in [0.1, 0.15) is 5.75 Å². The maximum atomic E-state index is 12.8. The van der Waals surface area contributed by atoms with Crippen molar-refractivity contribution >= 4 is 44.8 Å². The fraction of sp³-hybridized carbons (Fsp3) is 0.350. The molecule has 0 saturated carbocycles. The summed E-state index contributed by atoms with van der Waals surface area (Å²) in [6.07, 6.45) is 0.912. The van der Waals surface area contributed by atoms with Crippen molar-refractivity contribution in [3.63, 3.8) is 0 Å². The molecule has 9 heteroatoms. The summed E-state index contributed by atoms with van der Waals surface area (Å²) in [7, 11) is -2.00. The number of rotatable bonds is 6. The van der Waals surface area contributed by atoms with Crippen LogP contribution in [0.5, 0.6) is 5.75 Å². The summed E-state index contributed by atoms with van der Waals surface area (Å²) in [6.45, 7) is 0.566. The first-order chi connectivity index (χ1) is 13.8. The Morgan fingerprint density at radius 3 is 2.24 bits per heavy atom. The Labute approximate surface area is 180 Å². The first-order valence-corrected chi connectivity index (χ1v) is 11.5. The molecule has 1 aliphatic rings. The van der Waals surface area contributed by atoms with Gasteiger partial charge in [-0.2, -0.15) is 0 Å². The van der Waals surface area contributed by atoms with Crippen LogP contribution in [0, 0.1) is 5.92 Å². The van der Waals surface area contributed by atoms with Gasteiger partial charge in [0.05, 0.1) is 12.9 Å². The molecule has 1 heterocycles. The molecule has 1 amide bonds. The number of carbonyl (C=O) groups is 1. The fourth-order valence-electron chi connectivity index (χ4n) is 3.26. The molecule has 1 N–H and O–H groups in total. The van der Waals surface area contributed by atoms with Gasteiger partial charge in [-0.3, -0.25) is 4.79 Å². The van der Waals surface area contributed by atoms with Crippen LogP contribution in [0.25, 0.3) is 0 Å². The van der Waals surface area contributed by atoms with Gasteiger partial charge in [-0.15, -0.1) is 0 Å². The molecule has 0 unspecified atom stereocenters. The minimum Gasteiger partial charge on any atom is -0.497 e. The highest BCUT2D eigenvalue weighted by Gasteiger charge is 2.32. The fourth-order valence-corrected chi connectivity index (χ4v) is 5.57. The van der Waals surface area contributed by atoms with Gasteiger partial charge in [0.2, 0.25) is 15.9 Å². The molecule has 0 aromatic heterocycles. The van der Waals surface area contributed by atoms with E-state index in [0.717, 1.165) is 0 Å². The molecular weight excluding hydrogens is 435 g/mol. The Hall–Kier alpha value is -1.80. The van der Waals surface area contributed by atoms with E-state index in [-0.39, 0.29) is 30.7 Å². The van der Waals surface area contributed by atoms with Crippen molar-refractivity contribution in [2.75, 3.05) is 25.5 Å². The zero-order chi connectivity index (χ0) is 21.0. The van der Waals surface area contributed by atoms with E-state index in [9.17, 15) is 13.2 Å². The SMILES string of the molecule is COc1ccc(NC(=O)C2CCN(S(=O)(=O)Cc3c(Cl)cccc3Cl)CC2)cc1. The van der Waals surface area contributed by atoms with E-state index in [0.29, 0.717) is 39.9 Å². The monoisotopic (exact) mass is 456 g/mol. The lowest BCUT2D eigenvalue weighted by Gasteiger charge is -2.30. The maximum absolute atomic E-state index is 12.8. The zero-order valence-electron chi connectivity index (χ0n) is 15.9. The first-order valence-electron chi connectivity index (χ1n) is 9.16. The third-order valence-corrected chi connectivity index (χ3v) is 7.48. The van der Waals surface area contributed by atoms with E-state index < -0.39 is 10.0 Å². The summed E-state index contributed by atoms with van der Waals surface area (Å²) in [4.78, 5) is 12.5. The van der Waals surface area contributed by atoms with Gasteiger partial charge in [0.25, 0.3) is 0 Å². The molecule has 3 rings (SSSR count). The van der Waals surface area contributed by atoms with Crippen LogP contribution < -0.4 is 10.1 Å². The number of carbonyl (C=O) groups excluding carboxylic acids is 1. The standard InChI is InChI=1S/C20H22Cl2N2O4S/c1-28-16-7-5-15(6-8-16)23-20(25)14-9-11-24(12-10-14)29(26,27)13-17-18(21)3-2-4-19(17)22/h2-8,14H,9-13H2,1H3,(H,23,25). The Bertz CT molecular complexity index is 952. The number of benzene rings is 2. The molecule has 29 heavy (non-hydrogen) atoms. The lowest BCUT2D eigenvalue weighted by Crippen LogP contribution is -2.41. The molecule has 0 bridgehead atoms. The van der Waals surface area contributed by atoms with Crippen LogP contribution in [-0.4, -0.2) is 38.8 Å². The second kappa shape index (κ2) is 9.34. The zero-order valence-corrected chi connectivity index (χ0v) is 18.2. The summed E-state index contributed by atoms with van der Waals surface area (Å²) in [5.74, 6) is 0.0998. The Kier molecular flexibility index (Phi) is 7.05. The number of nitrogens with zero attached hydrogens (tertiary/aromatic N) is 1. The van der Waals surface area contributed by atoms with E-state index in [1.54, 1.807) is 49.6 Å². The highest BCUT2D eigenvalue weighted by Crippen LogP contribution is 2.29. The molecule has 0 radical (unpaired) electrons. The quantitative estimate of drug-likeness (QED) is 0.706. The van der Waals surface area contributed by atoms with Crippen molar-refractivity contribution in [1.82, 2.24) is 4.31 Å². The molecule has 1 saturated heterocycles. The molecule has 2 aromatic rings. The van der Waals surface area contributed by atoms with E-state index in [4.69, 9.17) is 27.9 Å². The second-order valence-electron chi connectivity index (χ2n) is 6.85. The van der Waals surface area contributed by atoms with Crippen LogP contribution in [0.15, 0.2) is 42.5 Å². The van der Waals surface area contributed by atoms with Crippen LogP contribution in [0.1, 0.15) is 18.4 Å². The molecule has 0 aliphatic carbocycles. The lowest BCUT2D eigenvalue weighted by molar-refractivity contribution is -0.120. The summed E-state index contributed by atoms with van der Waals surface area (Å²) >= 11 is 12.2. The number of amides is 1. The predicted molar refractivity (Wildman–Crippen MR) is 115 cm³/mol. The Morgan fingerprint density at radius 2 is 1.69 bits per heavy atom. The van der Waals surface area contributed by atoms with Crippen molar-refractivity contribution in [3.05, 3.63) is 58.1 Å². The number of sulfonamides is 1. The van der Waals surface area contributed by atoms with Crippen molar-refractivity contribution in [2.45, 2.75) is 18.6 Å². The van der Waals surface area contributed by atoms with Crippen molar-refractivity contribution in [2.24, 2.45) is 5.92 Å². The number of halogens is 2. The van der Waals surface area contributed by atoms with Crippen molar-refractivity contribution < 1.29 is 17.9 Å². The largest absolute Gasteiger partial charge is 0.497 e. The van der Waals surface area contributed by atoms with Crippen LogP contribution in [0.4, 0.5) is 5.69 Å². The molecule has 1 fully saturated rings. The van der Waals surface area contributed by atoms with Gasteiger partial charge in [0, 0.05) is 40.3 Å². The van der Waals surface area contributed by atoms with E-state index in [2.05, 4.69) is 5.32 Å². The third-order valence-electron chi connectivity index (χ3n) is 4.96. The minimum absolute atomic E-state index is 0.110. The number of nitrogens with one attached hydrogen (secondary N) is 1. The van der Waals surface area contributed by atoms with Gasteiger partial charge in [-0.1, -0.05) is 29.3 Å². The highest BCUT2D eigenvalue weighted by atomic mass is 35.5. The molecule has 0 atom stereocenters. The predicted octanol–water partition coefficient (Wildman–Crippen LogP) is 4.18. The Morgan fingerprint density at radius 1 is 1.10 bits per heavy atom. The van der Waals surface area contributed by atoms with Crippen LogP contribution in [0.2, 0.25) is 10.0 Å². The van der Waals surface area contributed by atoms with Crippen LogP contribution in [0.3, 0.4) is 0 Å². The van der Waals surface area contributed by atoms with E-state index >= 15 is 0 Å². The molecule has 0 spiro atoms. The van der Waals surface area contributed by atoms with Gasteiger partial charge >= 0.3 is 0 Å². The number of piperidine rings is 1. The molecular formula is C20H22Cl2N2O4S. The maximum Gasteiger partial charge on any atom is 0.227 e. The lowest BCUT2D eigenvalue weighted by atomic mass is 9.97. The normalized spacial score (nSPS) is 15.8. The summed E-state index contributed by atoms with van der Waals surface area (Å²) < 4.78 is 32.1. The number of ether oxygens (including phenoxy) is 1. The van der Waals surface area contributed by atoms with Gasteiger partial charge in [0.15, 0.2) is 0 Å². The topological polar surface area (TPSA) is 75.7 Å². The average molecular weight is 457 g/mol.